The highest BCUT2D eigenvalue weighted by molar-refractivity contribution is 6.07. The Morgan fingerprint density at radius 3 is 2.61 bits per heavy atom. The van der Waals surface area contributed by atoms with Gasteiger partial charge in [-0.15, -0.1) is 0 Å². The standard InChI is InChI=1S/C21H26N6O4/c1-4-26-19(21(29)25-7-9-30-10-8-25)17(12-22-26)23-20(28)18-6-5-16(31-18)13-27-15(3)11-14(2)24-27/h5-6,11-12H,4,7-10,13H2,1-3H3,(H,23,28). The van der Waals surface area contributed by atoms with Crippen LogP contribution in [0.25, 0.3) is 0 Å². The largest absolute Gasteiger partial charge is 0.454 e. The van der Waals surface area contributed by atoms with E-state index in [0.29, 0.717) is 56.5 Å². The average molecular weight is 426 g/mol. The number of nitrogens with zero attached hydrogens (tertiary/aromatic N) is 5. The molecule has 2 amide bonds. The van der Waals surface area contributed by atoms with E-state index >= 15 is 0 Å². The molecule has 3 aromatic heterocycles. The summed E-state index contributed by atoms with van der Waals surface area (Å²) in [6.07, 6.45) is 1.49. The Morgan fingerprint density at radius 1 is 1.16 bits per heavy atom. The minimum absolute atomic E-state index is 0.158. The van der Waals surface area contributed by atoms with Gasteiger partial charge in [-0.1, -0.05) is 0 Å². The molecular formula is C21H26N6O4. The normalized spacial score (nSPS) is 14.1. The molecule has 0 bridgehead atoms. The molecule has 1 N–H and O–H groups in total. The number of amides is 2. The molecule has 0 atom stereocenters. The van der Waals surface area contributed by atoms with Gasteiger partial charge < -0.3 is 19.4 Å². The Hall–Kier alpha value is -3.40. The van der Waals surface area contributed by atoms with E-state index < -0.39 is 5.91 Å². The first-order valence-electron chi connectivity index (χ1n) is 10.3. The van der Waals surface area contributed by atoms with E-state index in [4.69, 9.17) is 9.15 Å². The number of carbonyl (C=O) groups is 2. The number of rotatable bonds is 6. The van der Waals surface area contributed by atoms with Crippen molar-refractivity contribution in [2.24, 2.45) is 0 Å². The molecule has 0 aliphatic carbocycles. The number of furan rings is 1. The molecule has 0 radical (unpaired) electrons. The summed E-state index contributed by atoms with van der Waals surface area (Å²) in [5, 5.41) is 11.4. The van der Waals surface area contributed by atoms with E-state index in [0.717, 1.165) is 11.4 Å². The maximum absolute atomic E-state index is 13.0. The van der Waals surface area contributed by atoms with Gasteiger partial charge in [0, 0.05) is 25.3 Å². The van der Waals surface area contributed by atoms with Crippen LogP contribution in [0.3, 0.4) is 0 Å². The van der Waals surface area contributed by atoms with Crippen molar-refractivity contribution in [2.75, 3.05) is 31.6 Å². The number of anilines is 1. The summed E-state index contributed by atoms with van der Waals surface area (Å²) in [6.45, 7) is 8.74. The molecule has 4 rings (SSSR count). The van der Waals surface area contributed by atoms with Crippen LogP contribution >= 0.6 is 0 Å². The molecule has 1 fully saturated rings. The van der Waals surface area contributed by atoms with Crippen molar-refractivity contribution in [3.05, 3.63) is 53.0 Å². The summed E-state index contributed by atoms with van der Waals surface area (Å²) in [7, 11) is 0. The molecular weight excluding hydrogens is 400 g/mol. The van der Waals surface area contributed by atoms with Crippen LogP contribution in [0, 0.1) is 13.8 Å². The third-order valence-electron chi connectivity index (χ3n) is 5.18. The summed E-state index contributed by atoms with van der Waals surface area (Å²) >= 11 is 0. The molecule has 4 heterocycles. The van der Waals surface area contributed by atoms with Gasteiger partial charge in [0.05, 0.1) is 37.3 Å². The molecule has 0 spiro atoms. The molecule has 0 unspecified atom stereocenters. The molecule has 10 heteroatoms. The Kier molecular flexibility index (Phi) is 5.90. The van der Waals surface area contributed by atoms with E-state index in [1.807, 2.05) is 31.5 Å². The molecule has 0 saturated carbocycles. The number of morpholine rings is 1. The van der Waals surface area contributed by atoms with Gasteiger partial charge in [0.15, 0.2) is 5.76 Å². The third-order valence-corrected chi connectivity index (χ3v) is 5.18. The van der Waals surface area contributed by atoms with Crippen molar-refractivity contribution in [3.8, 4) is 0 Å². The van der Waals surface area contributed by atoms with E-state index in [9.17, 15) is 9.59 Å². The minimum atomic E-state index is -0.439. The lowest BCUT2D eigenvalue weighted by molar-refractivity contribution is 0.0295. The van der Waals surface area contributed by atoms with Crippen molar-refractivity contribution < 1.29 is 18.7 Å². The lowest BCUT2D eigenvalue weighted by Crippen LogP contribution is -2.41. The molecule has 1 aliphatic rings. The number of aromatic nitrogens is 4. The molecule has 0 aromatic carbocycles. The molecule has 10 nitrogen and oxygen atoms in total. The van der Waals surface area contributed by atoms with Crippen molar-refractivity contribution >= 4 is 17.5 Å². The monoisotopic (exact) mass is 426 g/mol. The maximum Gasteiger partial charge on any atom is 0.291 e. The molecule has 1 aliphatic heterocycles. The lowest BCUT2D eigenvalue weighted by atomic mass is 10.2. The SMILES string of the molecule is CCn1ncc(NC(=O)c2ccc(Cn3nc(C)cc3C)o2)c1C(=O)N1CCOCC1. The Bertz CT molecular complexity index is 1090. The number of aryl methyl sites for hydroxylation is 3. The van der Waals surface area contributed by atoms with Crippen molar-refractivity contribution in [2.45, 2.75) is 33.9 Å². The van der Waals surface area contributed by atoms with Crippen LogP contribution in [-0.2, 0) is 17.8 Å². The van der Waals surface area contributed by atoms with Crippen LogP contribution in [-0.4, -0.2) is 62.6 Å². The van der Waals surface area contributed by atoms with Gasteiger partial charge in [0.2, 0.25) is 0 Å². The van der Waals surface area contributed by atoms with Gasteiger partial charge >= 0.3 is 0 Å². The Labute approximate surface area is 179 Å². The summed E-state index contributed by atoms with van der Waals surface area (Å²) in [6, 6.07) is 5.35. The van der Waals surface area contributed by atoms with Gasteiger partial charge in [-0.25, -0.2) is 0 Å². The average Bonchev–Trinajstić information content (AvgIpc) is 3.47. The first-order chi connectivity index (χ1) is 15.0. The predicted molar refractivity (Wildman–Crippen MR) is 112 cm³/mol. The first kappa shape index (κ1) is 20.9. The first-order valence-corrected chi connectivity index (χ1v) is 10.3. The van der Waals surface area contributed by atoms with Gasteiger partial charge in [-0.3, -0.25) is 19.0 Å². The molecule has 3 aromatic rings. The zero-order valence-electron chi connectivity index (χ0n) is 17.9. The van der Waals surface area contributed by atoms with E-state index in [2.05, 4.69) is 15.5 Å². The van der Waals surface area contributed by atoms with Crippen molar-refractivity contribution in [1.82, 2.24) is 24.5 Å². The van der Waals surface area contributed by atoms with Crippen LogP contribution < -0.4 is 5.32 Å². The fourth-order valence-electron chi connectivity index (χ4n) is 3.61. The van der Waals surface area contributed by atoms with E-state index in [1.165, 1.54) is 6.20 Å². The Morgan fingerprint density at radius 2 is 1.94 bits per heavy atom. The number of hydrogen-bond acceptors (Lipinski definition) is 6. The smallest absolute Gasteiger partial charge is 0.291 e. The highest BCUT2D eigenvalue weighted by Crippen LogP contribution is 2.20. The highest BCUT2D eigenvalue weighted by atomic mass is 16.5. The summed E-state index contributed by atoms with van der Waals surface area (Å²) in [5.74, 6) is 0.157. The second kappa shape index (κ2) is 8.76. The topological polar surface area (TPSA) is 107 Å². The Balaban J connectivity index is 1.50. The fourth-order valence-corrected chi connectivity index (χ4v) is 3.61. The van der Waals surface area contributed by atoms with E-state index in [1.54, 1.807) is 21.7 Å². The zero-order chi connectivity index (χ0) is 22.0. The second-order valence-electron chi connectivity index (χ2n) is 7.43. The quantitative estimate of drug-likeness (QED) is 0.647. The van der Waals surface area contributed by atoms with Crippen LogP contribution in [0.5, 0.6) is 0 Å². The molecule has 164 valence electrons. The molecule has 1 saturated heterocycles. The number of hydrogen-bond donors (Lipinski definition) is 1. The third kappa shape index (κ3) is 4.38. The summed E-state index contributed by atoms with van der Waals surface area (Å²) < 4.78 is 14.5. The summed E-state index contributed by atoms with van der Waals surface area (Å²) in [5.41, 5.74) is 2.65. The van der Waals surface area contributed by atoms with Gasteiger partial charge in [0.25, 0.3) is 11.8 Å². The van der Waals surface area contributed by atoms with Crippen LogP contribution in [0.2, 0.25) is 0 Å². The van der Waals surface area contributed by atoms with Gasteiger partial charge in [0.1, 0.15) is 11.5 Å². The minimum Gasteiger partial charge on any atom is -0.454 e. The lowest BCUT2D eigenvalue weighted by Gasteiger charge is -2.27. The number of ether oxygens (including phenoxy) is 1. The maximum atomic E-state index is 13.0. The number of nitrogens with one attached hydrogen (secondary N) is 1. The zero-order valence-corrected chi connectivity index (χ0v) is 17.9. The predicted octanol–water partition coefficient (Wildman–Crippen LogP) is 2.08. The van der Waals surface area contributed by atoms with E-state index in [-0.39, 0.29) is 11.7 Å². The number of carbonyl (C=O) groups excluding carboxylic acids is 2. The van der Waals surface area contributed by atoms with Crippen LogP contribution in [0.1, 0.15) is 45.1 Å². The fraction of sp³-hybridized carbons (Fsp3) is 0.429. The van der Waals surface area contributed by atoms with Crippen molar-refractivity contribution in [1.29, 1.82) is 0 Å². The van der Waals surface area contributed by atoms with Crippen molar-refractivity contribution in [3.63, 3.8) is 0 Å². The van der Waals surface area contributed by atoms with Gasteiger partial charge in [-0.05, 0) is 39.0 Å². The summed E-state index contributed by atoms with van der Waals surface area (Å²) in [4.78, 5) is 27.5. The van der Waals surface area contributed by atoms with Gasteiger partial charge in [-0.2, -0.15) is 10.2 Å². The second-order valence-corrected chi connectivity index (χ2v) is 7.43. The highest BCUT2D eigenvalue weighted by Gasteiger charge is 2.26. The van der Waals surface area contributed by atoms with Crippen LogP contribution in [0.15, 0.2) is 28.8 Å². The molecule has 31 heavy (non-hydrogen) atoms. The van der Waals surface area contributed by atoms with Crippen LogP contribution in [0.4, 0.5) is 5.69 Å².